The highest BCUT2D eigenvalue weighted by Gasteiger charge is 2.32. The van der Waals surface area contributed by atoms with Gasteiger partial charge in [-0.1, -0.05) is 35.5 Å². The number of hydrogen-bond donors (Lipinski definition) is 2. The van der Waals surface area contributed by atoms with Gasteiger partial charge in [0.1, 0.15) is 5.69 Å². The maximum atomic E-state index is 11.3. The second kappa shape index (κ2) is 5.05. The molecule has 1 aliphatic rings. The summed E-state index contributed by atoms with van der Waals surface area (Å²) in [4.78, 5) is 11.3. The Hall–Kier alpha value is -2.21. The zero-order valence-corrected chi connectivity index (χ0v) is 10.8. The number of benzene rings is 1. The SMILES string of the molecule is O=C(O)c1nnn(C2CCCC2O)c1-c1ccccc1. The summed E-state index contributed by atoms with van der Waals surface area (Å²) in [6.45, 7) is 0. The van der Waals surface area contributed by atoms with E-state index in [2.05, 4.69) is 10.3 Å². The smallest absolute Gasteiger partial charge is 0.358 e. The summed E-state index contributed by atoms with van der Waals surface area (Å²) in [5.41, 5.74) is 1.13. The first-order valence-electron chi connectivity index (χ1n) is 6.60. The highest BCUT2D eigenvalue weighted by Crippen LogP contribution is 2.34. The van der Waals surface area contributed by atoms with Crippen LogP contribution in [-0.2, 0) is 0 Å². The normalized spacial score (nSPS) is 22.1. The molecule has 0 radical (unpaired) electrons. The molecule has 1 heterocycles. The van der Waals surface area contributed by atoms with Crippen molar-refractivity contribution >= 4 is 5.97 Å². The summed E-state index contributed by atoms with van der Waals surface area (Å²) in [6.07, 6.45) is 1.90. The minimum Gasteiger partial charge on any atom is -0.476 e. The Morgan fingerprint density at radius 1 is 1.25 bits per heavy atom. The van der Waals surface area contributed by atoms with E-state index in [1.807, 2.05) is 30.3 Å². The largest absolute Gasteiger partial charge is 0.476 e. The third-order valence-corrected chi connectivity index (χ3v) is 3.70. The van der Waals surface area contributed by atoms with Crippen molar-refractivity contribution in [3.05, 3.63) is 36.0 Å². The van der Waals surface area contributed by atoms with Crippen LogP contribution in [0, 0.1) is 0 Å². The van der Waals surface area contributed by atoms with E-state index in [1.54, 1.807) is 4.68 Å². The molecule has 1 aliphatic carbocycles. The van der Waals surface area contributed by atoms with E-state index in [9.17, 15) is 15.0 Å². The van der Waals surface area contributed by atoms with Crippen molar-refractivity contribution in [1.82, 2.24) is 15.0 Å². The van der Waals surface area contributed by atoms with Crippen LogP contribution in [-0.4, -0.2) is 37.3 Å². The molecule has 20 heavy (non-hydrogen) atoms. The standard InChI is InChI=1S/C14H15N3O3/c18-11-8-4-7-10(11)17-13(9-5-2-1-3-6-9)12(14(19)20)15-16-17/h1-3,5-6,10-11,18H,4,7-8H2,(H,19,20). The van der Waals surface area contributed by atoms with Gasteiger partial charge in [0.15, 0.2) is 5.69 Å². The van der Waals surface area contributed by atoms with Gasteiger partial charge in [0.05, 0.1) is 12.1 Å². The number of aromatic carboxylic acids is 1. The van der Waals surface area contributed by atoms with Crippen molar-refractivity contribution in [2.45, 2.75) is 31.4 Å². The molecule has 1 aromatic heterocycles. The van der Waals surface area contributed by atoms with Crippen LogP contribution in [0.15, 0.2) is 30.3 Å². The fourth-order valence-electron chi connectivity index (χ4n) is 2.74. The van der Waals surface area contributed by atoms with Crippen LogP contribution in [0.4, 0.5) is 0 Å². The average molecular weight is 273 g/mol. The number of aliphatic hydroxyl groups excluding tert-OH is 1. The number of carboxylic acids is 1. The van der Waals surface area contributed by atoms with E-state index in [-0.39, 0.29) is 11.7 Å². The number of nitrogens with zero attached hydrogens (tertiary/aromatic N) is 3. The molecule has 2 N–H and O–H groups in total. The molecule has 0 aliphatic heterocycles. The van der Waals surface area contributed by atoms with Gasteiger partial charge in [0, 0.05) is 5.56 Å². The molecule has 1 saturated carbocycles. The van der Waals surface area contributed by atoms with Gasteiger partial charge in [-0.25, -0.2) is 9.48 Å². The highest BCUT2D eigenvalue weighted by molar-refractivity contribution is 5.92. The van der Waals surface area contributed by atoms with E-state index in [4.69, 9.17) is 0 Å². The summed E-state index contributed by atoms with van der Waals surface area (Å²) in [6, 6.07) is 8.98. The molecular weight excluding hydrogens is 258 g/mol. The van der Waals surface area contributed by atoms with Gasteiger partial charge in [-0.05, 0) is 19.3 Å². The minimum atomic E-state index is -1.11. The fourth-order valence-corrected chi connectivity index (χ4v) is 2.74. The lowest BCUT2D eigenvalue weighted by molar-refractivity contribution is 0.0691. The molecular formula is C14H15N3O3. The van der Waals surface area contributed by atoms with Crippen LogP contribution in [0.2, 0.25) is 0 Å². The monoisotopic (exact) mass is 273 g/mol. The van der Waals surface area contributed by atoms with Crippen molar-refractivity contribution in [1.29, 1.82) is 0 Å². The van der Waals surface area contributed by atoms with E-state index in [0.29, 0.717) is 12.1 Å². The molecule has 2 unspecified atom stereocenters. The fraction of sp³-hybridized carbons (Fsp3) is 0.357. The predicted molar refractivity (Wildman–Crippen MR) is 71.3 cm³/mol. The molecule has 2 atom stereocenters. The van der Waals surface area contributed by atoms with E-state index >= 15 is 0 Å². The maximum Gasteiger partial charge on any atom is 0.358 e. The Bertz CT molecular complexity index is 624. The summed E-state index contributed by atoms with van der Waals surface area (Å²) < 4.78 is 1.57. The van der Waals surface area contributed by atoms with Crippen LogP contribution in [0.25, 0.3) is 11.3 Å². The molecule has 0 saturated heterocycles. The quantitative estimate of drug-likeness (QED) is 0.889. The van der Waals surface area contributed by atoms with E-state index in [0.717, 1.165) is 18.4 Å². The summed E-state index contributed by atoms with van der Waals surface area (Å²) >= 11 is 0. The predicted octanol–water partition coefficient (Wildman–Crippen LogP) is 1.73. The van der Waals surface area contributed by atoms with Crippen molar-refractivity contribution in [2.24, 2.45) is 0 Å². The van der Waals surface area contributed by atoms with Gasteiger partial charge < -0.3 is 10.2 Å². The second-order valence-corrected chi connectivity index (χ2v) is 4.97. The van der Waals surface area contributed by atoms with Gasteiger partial charge in [0.2, 0.25) is 0 Å². The van der Waals surface area contributed by atoms with Crippen LogP contribution >= 0.6 is 0 Å². The maximum absolute atomic E-state index is 11.3. The number of aliphatic hydroxyl groups is 1. The van der Waals surface area contributed by atoms with E-state index < -0.39 is 12.1 Å². The van der Waals surface area contributed by atoms with Gasteiger partial charge in [-0.3, -0.25) is 0 Å². The Morgan fingerprint density at radius 2 is 2.00 bits per heavy atom. The molecule has 1 aromatic carbocycles. The Balaban J connectivity index is 2.14. The van der Waals surface area contributed by atoms with Crippen LogP contribution in [0.3, 0.4) is 0 Å². The van der Waals surface area contributed by atoms with Crippen molar-refractivity contribution < 1.29 is 15.0 Å². The first-order valence-corrected chi connectivity index (χ1v) is 6.60. The molecule has 1 fully saturated rings. The summed E-state index contributed by atoms with van der Waals surface area (Å²) in [5.74, 6) is -1.11. The molecule has 104 valence electrons. The lowest BCUT2D eigenvalue weighted by atomic mass is 10.1. The number of aromatic nitrogens is 3. The van der Waals surface area contributed by atoms with Crippen LogP contribution < -0.4 is 0 Å². The first-order chi connectivity index (χ1) is 9.68. The number of hydrogen-bond acceptors (Lipinski definition) is 4. The summed E-state index contributed by atoms with van der Waals surface area (Å²) in [7, 11) is 0. The van der Waals surface area contributed by atoms with Crippen molar-refractivity contribution in [2.75, 3.05) is 0 Å². The lowest BCUT2D eigenvalue weighted by Gasteiger charge is -2.17. The molecule has 3 rings (SSSR count). The number of carboxylic acid groups (broad SMARTS) is 1. The third-order valence-electron chi connectivity index (χ3n) is 3.70. The molecule has 6 heteroatoms. The van der Waals surface area contributed by atoms with Gasteiger partial charge in [-0.15, -0.1) is 5.10 Å². The first kappa shape index (κ1) is 12.8. The molecule has 6 nitrogen and oxygen atoms in total. The Labute approximate surface area is 115 Å². The Morgan fingerprint density at radius 3 is 2.60 bits per heavy atom. The minimum absolute atomic E-state index is 0.0738. The van der Waals surface area contributed by atoms with Gasteiger partial charge in [0.25, 0.3) is 0 Å². The molecule has 0 spiro atoms. The van der Waals surface area contributed by atoms with Gasteiger partial charge >= 0.3 is 5.97 Å². The zero-order chi connectivity index (χ0) is 14.1. The molecule has 0 bridgehead atoms. The topological polar surface area (TPSA) is 88.2 Å². The number of carbonyl (C=O) groups is 1. The van der Waals surface area contributed by atoms with Crippen LogP contribution in [0.5, 0.6) is 0 Å². The third kappa shape index (κ3) is 2.08. The average Bonchev–Trinajstić information content (AvgIpc) is 3.05. The highest BCUT2D eigenvalue weighted by atomic mass is 16.4. The van der Waals surface area contributed by atoms with Gasteiger partial charge in [-0.2, -0.15) is 0 Å². The molecule has 0 amide bonds. The zero-order valence-electron chi connectivity index (χ0n) is 10.8. The van der Waals surface area contributed by atoms with Crippen LogP contribution in [0.1, 0.15) is 35.8 Å². The molecule has 2 aromatic rings. The van der Waals surface area contributed by atoms with Crippen molar-refractivity contribution in [3.63, 3.8) is 0 Å². The Kier molecular flexibility index (Phi) is 3.23. The van der Waals surface area contributed by atoms with Crippen molar-refractivity contribution in [3.8, 4) is 11.3 Å². The van der Waals surface area contributed by atoms with E-state index in [1.165, 1.54) is 0 Å². The lowest BCUT2D eigenvalue weighted by Crippen LogP contribution is -2.20. The summed E-state index contributed by atoms with van der Waals surface area (Å²) in [5, 5.41) is 27.0. The second-order valence-electron chi connectivity index (χ2n) is 4.97. The number of rotatable bonds is 3.